The highest BCUT2D eigenvalue weighted by atomic mass is 35.5. The van der Waals surface area contributed by atoms with E-state index in [-0.39, 0.29) is 0 Å². The smallest absolute Gasteiger partial charge is 0.271 e. The van der Waals surface area contributed by atoms with Crippen molar-refractivity contribution in [3.63, 3.8) is 0 Å². The van der Waals surface area contributed by atoms with Crippen molar-refractivity contribution in [1.82, 2.24) is 0 Å². The number of hydrogen-bond donors (Lipinski definition) is 3. The van der Waals surface area contributed by atoms with Gasteiger partial charge in [-0.1, -0.05) is 55.8 Å². The summed E-state index contributed by atoms with van der Waals surface area (Å²) in [5, 5.41) is 11.4. The topological polar surface area (TPSA) is 92.6 Å². The molecule has 1 saturated carbocycles. The van der Waals surface area contributed by atoms with E-state index in [0.717, 1.165) is 17.9 Å². The van der Waals surface area contributed by atoms with Gasteiger partial charge in [-0.2, -0.15) is 0 Å². The summed E-state index contributed by atoms with van der Waals surface area (Å²) < 4.78 is 0. The Labute approximate surface area is 136 Å². The van der Waals surface area contributed by atoms with Crippen molar-refractivity contribution in [2.75, 3.05) is 5.01 Å². The number of anilines is 1. The average molecular weight is 326 g/mol. The highest BCUT2D eigenvalue weighted by molar-refractivity contribution is 6.33. The fourth-order valence-corrected chi connectivity index (χ4v) is 3.25. The quantitative estimate of drug-likeness (QED) is 0.439. The molecule has 2 rings (SSSR count). The molecule has 122 valence electrons. The Morgan fingerprint density at radius 2 is 1.95 bits per heavy atom. The molecule has 6 heteroatoms. The molecule has 0 spiro atoms. The number of nitrogens with zero attached hydrogens (tertiary/aromatic N) is 1. The number of para-hydroxylation sites is 1. The van der Waals surface area contributed by atoms with E-state index in [1.807, 2.05) is 0 Å². The van der Waals surface area contributed by atoms with Gasteiger partial charge in [0.15, 0.2) is 0 Å². The van der Waals surface area contributed by atoms with E-state index in [1.54, 1.807) is 24.3 Å². The number of benzene rings is 1. The highest BCUT2D eigenvalue weighted by Gasteiger charge is 2.30. The molecule has 2 atom stereocenters. The lowest BCUT2D eigenvalue weighted by Gasteiger charge is -2.28. The Hall–Kier alpha value is -1.14. The second-order valence-corrected chi connectivity index (χ2v) is 6.42. The SMILES string of the molecule is N[C@H](CC1CCCCC1)C(O)C(=O)N(N)c1ccccc1Cl. The van der Waals surface area contributed by atoms with Gasteiger partial charge >= 0.3 is 0 Å². The molecular formula is C16H24ClN3O2. The molecule has 1 fully saturated rings. The third-order valence-corrected chi connectivity index (χ3v) is 4.66. The standard InChI is InChI=1S/C16H24ClN3O2/c17-12-8-4-5-9-14(12)20(19)16(22)15(21)13(18)10-11-6-2-1-3-7-11/h4-5,8-9,11,13,15,21H,1-3,6-7,10,18-19H2/t13-,15?/m1/s1. The van der Waals surface area contributed by atoms with Crippen LogP contribution in [0.25, 0.3) is 0 Å². The van der Waals surface area contributed by atoms with Crippen molar-refractivity contribution in [3.8, 4) is 0 Å². The third-order valence-electron chi connectivity index (χ3n) is 4.34. The molecule has 0 bridgehead atoms. The summed E-state index contributed by atoms with van der Waals surface area (Å²) in [5.74, 6) is 5.65. The van der Waals surface area contributed by atoms with Crippen LogP contribution in [-0.2, 0) is 4.79 Å². The van der Waals surface area contributed by atoms with Crippen molar-refractivity contribution < 1.29 is 9.90 Å². The molecule has 1 aliphatic rings. The van der Waals surface area contributed by atoms with Crippen LogP contribution >= 0.6 is 11.6 Å². The summed E-state index contributed by atoms with van der Waals surface area (Å²) in [7, 11) is 0. The number of aliphatic hydroxyl groups excluding tert-OH is 1. The minimum absolute atomic E-state index is 0.353. The van der Waals surface area contributed by atoms with Gasteiger partial charge in [-0.25, -0.2) is 10.9 Å². The number of nitrogens with two attached hydrogens (primary N) is 2. The van der Waals surface area contributed by atoms with E-state index < -0.39 is 18.1 Å². The molecule has 0 radical (unpaired) electrons. The van der Waals surface area contributed by atoms with E-state index in [4.69, 9.17) is 23.2 Å². The fourth-order valence-electron chi connectivity index (χ4n) is 3.03. The maximum atomic E-state index is 12.3. The Balaban J connectivity index is 1.96. The fraction of sp³-hybridized carbons (Fsp3) is 0.562. The first-order valence-electron chi connectivity index (χ1n) is 7.77. The van der Waals surface area contributed by atoms with E-state index in [2.05, 4.69) is 0 Å². The van der Waals surface area contributed by atoms with Gasteiger partial charge in [0.2, 0.25) is 0 Å². The summed E-state index contributed by atoms with van der Waals surface area (Å²) in [4.78, 5) is 12.3. The van der Waals surface area contributed by atoms with E-state index in [9.17, 15) is 9.90 Å². The van der Waals surface area contributed by atoms with Crippen LogP contribution in [-0.4, -0.2) is 23.2 Å². The predicted octanol–water partition coefficient (Wildman–Crippen LogP) is 2.21. The summed E-state index contributed by atoms with van der Waals surface area (Å²) >= 11 is 6.02. The first kappa shape index (κ1) is 17.2. The Morgan fingerprint density at radius 3 is 2.59 bits per heavy atom. The van der Waals surface area contributed by atoms with Crippen LogP contribution in [0.4, 0.5) is 5.69 Å². The van der Waals surface area contributed by atoms with Crippen molar-refractivity contribution in [2.24, 2.45) is 17.5 Å². The lowest BCUT2D eigenvalue weighted by Crippen LogP contribution is -2.51. The maximum Gasteiger partial charge on any atom is 0.271 e. The van der Waals surface area contributed by atoms with Crippen LogP contribution in [0.3, 0.4) is 0 Å². The normalized spacial score (nSPS) is 18.7. The van der Waals surface area contributed by atoms with E-state index in [1.165, 1.54) is 19.3 Å². The molecule has 5 nitrogen and oxygen atoms in total. The second-order valence-electron chi connectivity index (χ2n) is 6.01. The van der Waals surface area contributed by atoms with Crippen molar-refractivity contribution >= 4 is 23.2 Å². The number of hydrogen-bond acceptors (Lipinski definition) is 4. The molecule has 0 heterocycles. The Bertz CT molecular complexity index is 506. The molecular weight excluding hydrogens is 302 g/mol. The van der Waals surface area contributed by atoms with Crippen LogP contribution in [0.1, 0.15) is 38.5 Å². The van der Waals surface area contributed by atoms with Crippen LogP contribution in [0.2, 0.25) is 5.02 Å². The van der Waals surface area contributed by atoms with Crippen LogP contribution < -0.4 is 16.6 Å². The number of hydrazine groups is 1. The molecule has 1 aromatic carbocycles. The average Bonchev–Trinajstić information content (AvgIpc) is 2.54. The van der Waals surface area contributed by atoms with Gasteiger partial charge in [0, 0.05) is 6.04 Å². The molecule has 0 aromatic heterocycles. The second kappa shape index (κ2) is 7.92. The zero-order chi connectivity index (χ0) is 16.1. The summed E-state index contributed by atoms with van der Waals surface area (Å²) in [6.07, 6.45) is 5.22. The highest BCUT2D eigenvalue weighted by Crippen LogP contribution is 2.28. The predicted molar refractivity (Wildman–Crippen MR) is 88.3 cm³/mol. The molecule has 1 aliphatic carbocycles. The largest absolute Gasteiger partial charge is 0.382 e. The Morgan fingerprint density at radius 1 is 1.32 bits per heavy atom. The van der Waals surface area contributed by atoms with E-state index in [0.29, 0.717) is 23.0 Å². The molecule has 22 heavy (non-hydrogen) atoms. The maximum absolute atomic E-state index is 12.3. The number of amides is 1. The summed E-state index contributed by atoms with van der Waals surface area (Å²) in [6.45, 7) is 0. The molecule has 1 unspecified atom stereocenters. The van der Waals surface area contributed by atoms with E-state index >= 15 is 0 Å². The molecule has 1 aromatic rings. The number of halogens is 1. The van der Waals surface area contributed by atoms with Crippen LogP contribution in [0.5, 0.6) is 0 Å². The van der Waals surface area contributed by atoms with Crippen molar-refractivity contribution in [2.45, 2.75) is 50.7 Å². The number of aliphatic hydroxyl groups is 1. The first-order chi connectivity index (χ1) is 10.5. The van der Waals surface area contributed by atoms with Gasteiger partial charge in [0.25, 0.3) is 5.91 Å². The van der Waals surface area contributed by atoms with Crippen molar-refractivity contribution in [1.29, 1.82) is 0 Å². The Kier molecular flexibility index (Phi) is 6.20. The summed E-state index contributed by atoms with van der Waals surface area (Å²) in [6, 6.07) is 6.12. The lowest BCUT2D eigenvalue weighted by atomic mass is 9.84. The minimum atomic E-state index is -1.32. The molecule has 0 aliphatic heterocycles. The number of carbonyl (C=O) groups is 1. The zero-order valence-corrected chi connectivity index (χ0v) is 13.4. The molecule has 0 saturated heterocycles. The van der Waals surface area contributed by atoms with Crippen LogP contribution in [0, 0.1) is 5.92 Å². The monoisotopic (exact) mass is 325 g/mol. The molecule has 1 amide bonds. The van der Waals surface area contributed by atoms with Gasteiger partial charge < -0.3 is 10.8 Å². The lowest BCUT2D eigenvalue weighted by molar-refractivity contribution is -0.127. The third kappa shape index (κ3) is 4.20. The van der Waals surface area contributed by atoms with Gasteiger partial charge in [-0.15, -0.1) is 0 Å². The van der Waals surface area contributed by atoms with Gasteiger partial charge in [-0.05, 0) is 24.5 Å². The van der Waals surface area contributed by atoms with Gasteiger partial charge in [-0.3, -0.25) is 4.79 Å². The molecule has 5 N–H and O–H groups in total. The minimum Gasteiger partial charge on any atom is -0.382 e. The first-order valence-corrected chi connectivity index (χ1v) is 8.15. The number of carbonyl (C=O) groups excluding carboxylic acids is 1. The summed E-state index contributed by atoms with van der Waals surface area (Å²) in [5.41, 5.74) is 6.38. The number of rotatable bonds is 5. The zero-order valence-electron chi connectivity index (χ0n) is 12.6. The van der Waals surface area contributed by atoms with Crippen molar-refractivity contribution in [3.05, 3.63) is 29.3 Å². The van der Waals surface area contributed by atoms with Gasteiger partial charge in [0.05, 0.1) is 10.7 Å². The van der Waals surface area contributed by atoms with Gasteiger partial charge in [0.1, 0.15) is 6.10 Å². The van der Waals surface area contributed by atoms with Crippen LogP contribution in [0.15, 0.2) is 24.3 Å².